The molecule has 3 rings (SSSR count). The molecule has 4 heteroatoms. The number of hydrogen-bond acceptors (Lipinski definition) is 4. The summed E-state index contributed by atoms with van der Waals surface area (Å²) in [5.41, 5.74) is 4.13. The average molecular weight is 378 g/mol. The molecule has 2 aromatic carbocycles. The van der Waals surface area contributed by atoms with Crippen molar-refractivity contribution in [1.82, 2.24) is 0 Å². The van der Waals surface area contributed by atoms with Crippen molar-refractivity contribution >= 4 is 16.9 Å². The number of carbonyl (C=O) groups is 1. The van der Waals surface area contributed by atoms with Gasteiger partial charge in [0.1, 0.15) is 12.2 Å². The lowest BCUT2D eigenvalue weighted by Gasteiger charge is -2.14. The third-order valence-electron chi connectivity index (χ3n) is 5.07. The number of fused-ring (bicyclic) bond motifs is 1. The smallest absolute Gasteiger partial charge is 0.336 e. The highest BCUT2D eigenvalue weighted by atomic mass is 16.5. The Morgan fingerprint density at radius 2 is 1.79 bits per heavy atom. The van der Waals surface area contributed by atoms with Gasteiger partial charge in [0.15, 0.2) is 0 Å². The maximum Gasteiger partial charge on any atom is 0.336 e. The Balaban J connectivity index is 1.79. The van der Waals surface area contributed by atoms with Crippen molar-refractivity contribution in [2.24, 2.45) is 0 Å². The summed E-state index contributed by atoms with van der Waals surface area (Å²) in [5, 5.41) is 0.817. The zero-order valence-corrected chi connectivity index (χ0v) is 16.8. The molecule has 0 saturated carbocycles. The quantitative estimate of drug-likeness (QED) is 0.422. The molecular formula is C24H26O4. The molecule has 0 saturated heterocycles. The molecule has 0 amide bonds. The van der Waals surface area contributed by atoms with Gasteiger partial charge in [0.05, 0.1) is 6.42 Å². The number of rotatable bonds is 6. The van der Waals surface area contributed by atoms with Crippen LogP contribution in [0.3, 0.4) is 0 Å². The van der Waals surface area contributed by atoms with Crippen molar-refractivity contribution in [3.8, 4) is 0 Å². The normalized spacial score (nSPS) is 12.3. The number of hydrogen-bond donors (Lipinski definition) is 0. The molecule has 1 atom stereocenters. The molecule has 0 bridgehead atoms. The van der Waals surface area contributed by atoms with E-state index in [-0.39, 0.29) is 18.5 Å². The Bertz CT molecular complexity index is 1030. The van der Waals surface area contributed by atoms with Gasteiger partial charge in [-0.2, -0.15) is 0 Å². The zero-order valence-electron chi connectivity index (χ0n) is 16.8. The molecule has 146 valence electrons. The molecule has 0 aliphatic rings. The summed E-state index contributed by atoms with van der Waals surface area (Å²) in [6.07, 6.45) is 0.291. The van der Waals surface area contributed by atoms with E-state index in [1.54, 1.807) is 0 Å². The zero-order chi connectivity index (χ0) is 20.3. The van der Waals surface area contributed by atoms with Crippen molar-refractivity contribution in [3.05, 3.63) is 81.2 Å². The summed E-state index contributed by atoms with van der Waals surface area (Å²) >= 11 is 0. The minimum absolute atomic E-state index is 0.0586. The first-order valence-electron chi connectivity index (χ1n) is 9.63. The van der Waals surface area contributed by atoms with Gasteiger partial charge in [0.25, 0.3) is 0 Å². The second-order valence-electron chi connectivity index (χ2n) is 7.63. The Morgan fingerprint density at radius 1 is 1.07 bits per heavy atom. The Kier molecular flexibility index (Phi) is 5.98. The number of aryl methyl sites for hydroxylation is 1. The van der Waals surface area contributed by atoms with Crippen LogP contribution in [-0.4, -0.2) is 5.97 Å². The molecule has 0 spiro atoms. The molecule has 4 nitrogen and oxygen atoms in total. The van der Waals surface area contributed by atoms with Crippen LogP contribution in [0.25, 0.3) is 11.0 Å². The van der Waals surface area contributed by atoms with Gasteiger partial charge in [-0.05, 0) is 47.6 Å². The van der Waals surface area contributed by atoms with Crippen LogP contribution in [0, 0.1) is 6.92 Å². The van der Waals surface area contributed by atoms with Crippen molar-refractivity contribution in [3.63, 3.8) is 0 Å². The fourth-order valence-electron chi connectivity index (χ4n) is 3.50. The topological polar surface area (TPSA) is 56.5 Å². The van der Waals surface area contributed by atoms with E-state index in [2.05, 4.69) is 13.8 Å². The Morgan fingerprint density at radius 3 is 2.46 bits per heavy atom. The van der Waals surface area contributed by atoms with E-state index in [1.165, 1.54) is 11.6 Å². The predicted octanol–water partition coefficient (Wildman–Crippen LogP) is 5.46. The first-order valence-corrected chi connectivity index (χ1v) is 9.63. The molecule has 3 aromatic rings. The van der Waals surface area contributed by atoms with Crippen LogP contribution < -0.4 is 5.63 Å². The largest absolute Gasteiger partial charge is 0.461 e. The van der Waals surface area contributed by atoms with Crippen LogP contribution in [0.4, 0.5) is 0 Å². The molecule has 0 N–H and O–H groups in total. The van der Waals surface area contributed by atoms with Crippen LogP contribution in [0.15, 0.2) is 57.7 Å². The summed E-state index contributed by atoms with van der Waals surface area (Å²) in [6.45, 7) is 8.31. The highest BCUT2D eigenvalue weighted by molar-refractivity contribution is 5.82. The summed E-state index contributed by atoms with van der Waals surface area (Å²) in [7, 11) is 0. The van der Waals surface area contributed by atoms with E-state index in [4.69, 9.17) is 9.15 Å². The van der Waals surface area contributed by atoms with Gasteiger partial charge in [-0.15, -0.1) is 0 Å². The van der Waals surface area contributed by atoms with Crippen molar-refractivity contribution in [2.45, 2.75) is 52.6 Å². The molecular weight excluding hydrogens is 352 g/mol. The van der Waals surface area contributed by atoms with Crippen LogP contribution in [0.2, 0.25) is 0 Å². The van der Waals surface area contributed by atoms with Gasteiger partial charge in [0, 0.05) is 17.0 Å². The van der Waals surface area contributed by atoms with E-state index >= 15 is 0 Å². The lowest BCUT2D eigenvalue weighted by Crippen LogP contribution is -2.10. The summed E-state index contributed by atoms with van der Waals surface area (Å²) in [5.74, 6) is 0.133. The molecule has 0 unspecified atom stereocenters. The predicted molar refractivity (Wildman–Crippen MR) is 111 cm³/mol. The Hall–Kier alpha value is -2.88. The van der Waals surface area contributed by atoms with Crippen molar-refractivity contribution < 1.29 is 13.9 Å². The highest BCUT2D eigenvalue weighted by Crippen LogP contribution is 2.27. The minimum Gasteiger partial charge on any atom is -0.461 e. The Labute approximate surface area is 165 Å². The van der Waals surface area contributed by atoms with E-state index in [1.807, 2.05) is 56.3 Å². The van der Waals surface area contributed by atoms with Gasteiger partial charge < -0.3 is 9.15 Å². The number of ether oxygens (including phenoxy) is 1. The second-order valence-corrected chi connectivity index (χ2v) is 7.63. The molecule has 0 aliphatic carbocycles. The molecule has 0 fully saturated rings. The van der Waals surface area contributed by atoms with Crippen molar-refractivity contribution in [1.29, 1.82) is 0 Å². The van der Waals surface area contributed by atoms with Gasteiger partial charge in [-0.1, -0.05) is 51.1 Å². The average Bonchev–Trinajstić information content (AvgIpc) is 2.65. The maximum atomic E-state index is 12.3. The number of carbonyl (C=O) groups excluding carboxylic acids is 1. The standard InChI is InChI=1S/C24H26O4/c1-15(2)20-13-21-19(12-24(26)28-22(21)10-17(20)4)14-27-23(25)11-16(3)18-8-6-5-7-9-18/h5-10,12-13,15-16H,11,14H2,1-4H3/t16-/m1/s1. The SMILES string of the molecule is Cc1cc2oc(=O)cc(COC(=O)C[C@@H](C)c3ccccc3)c2cc1C(C)C. The monoisotopic (exact) mass is 378 g/mol. The number of esters is 1. The van der Waals surface area contributed by atoms with E-state index in [0.717, 1.165) is 16.5 Å². The molecule has 0 aliphatic heterocycles. The van der Waals surface area contributed by atoms with E-state index < -0.39 is 5.63 Å². The van der Waals surface area contributed by atoms with E-state index in [0.29, 0.717) is 23.5 Å². The van der Waals surface area contributed by atoms with Gasteiger partial charge in [-0.3, -0.25) is 4.79 Å². The molecule has 28 heavy (non-hydrogen) atoms. The summed E-state index contributed by atoms with van der Waals surface area (Å²) in [6, 6.07) is 15.2. The van der Waals surface area contributed by atoms with Crippen molar-refractivity contribution in [2.75, 3.05) is 0 Å². The molecule has 1 heterocycles. The third kappa shape index (κ3) is 4.50. The fourth-order valence-corrected chi connectivity index (χ4v) is 3.50. The van der Waals surface area contributed by atoms with Crippen LogP contribution in [-0.2, 0) is 16.1 Å². The van der Waals surface area contributed by atoms with Crippen LogP contribution in [0.1, 0.15) is 61.3 Å². The third-order valence-corrected chi connectivity index (χ3v) is 5.07. The fraction of sp³-hybridized carbons (Fsp3) is 0.333. The van der Waals surface area contributed by atoms with Crippen LogP contribution in [0.5, 0.6) is 0 Å². The van der Waals surface area contributed by atoms with Gasteiger partial charge >= 0.3 is 11.6 Å². The summed E-state index contributed by atoms with van der Waals surface area (Å²) in [4.78, 5) is 24.3. The van der Waals surface area contributed by atoms with E-state index in [9.17, 15) is 9.59 Å². The number of benzene rings is 2. The summed E-state index contributed by atoms with van der Waals surface area (Å²) < 4.78 is 10.8. The van der Waals surface area contributed by atoms with Gasteiger partial charge in [-0.25, -0.2) is 4.79 Å². The highest BCUT2D eigenvalue weighted by Gasteiger charge is 2.15. The first kappa shape index (κ1) is 19.9. The second kappa shape index (κ2) is 8.42. The molecule has 1 aromatic heterocycles. The molecule has 0 radical (unpaired) electrons. The maximum absolute atomic E-state index is 12.3. The lowest BCUT2D eigenvalue weighted by atomic mass is 9.95. The van der Waals surface area contributed by atoms with Crippen LogP contribution >= 0.6 is 0 Å². The lowest BCUT2D eigenvalue weighted by molar-refractivity contribution is -0.145. The first-order chi connectivity index (χ1) is 13.3. The minimum atomic E-state index is -0.437. The van der Waals surface area contributed by atoms with Gasteiger partial charge in [0.2, 0.25) is 0 Å².